The lowest BCUT2D eigenvalue weighted by Crippen LogP contribution is -2.40. The maximum atomic E-state index is 12.5. The van der Waals surface area contributed by atoms with Gasteiger partial charge in [0.25, 0.3) is 5.91 Å². The quantitative estimate of drug-likeness (QED) is 0.708. The summed E-state index contributed by atoms with van der Waals surface area (Å²) in [5.74, 6) is -0.0389. The summed E-state index contributed by atoms with van der Waals surface area (Å²) in [6, 6.07) is 3.29. The lowest BCUT2D eigenvalue weighted by Gasteiger charge is -2.32. The molecule has 0 fully saturated rings. The smallest absolute Gasteiger partial charge is 0.275 e. The van der Waals surface area contributed by atoms with Crippen LogP contribution in [-0.2, 0) is 6.54 Å². The lowest BCUT2D eigenvalue weighted by molar-refractivity contribution is 0.0961. The third-order valence-electron chi connectivity index (χ3n) is 4.43. The number of carbonyl (C=O) groups excluding carboxylic acids is 1. The van der Waals surface area contributed by atoms with Crippen LogP contribution in [0.4, 0.5) is 0 Å². The Labute approximate surface area is 178 Å². The molecule has 0 aromatic carbocycles. The molecule has 1 amide bonds. The zero-order valence-corrected chi connectivity index (χ0v) is 17.5. The molecule has 1 aliphatic heterocycles. The largest absolute Gasteiger partial charge is 0.382 e. The molecule has 9 heteroatoms. The summed E-state index contributed by atoms with van der Waals surface area (Å²) in [5.41, 5.74) is 7.70. The third-order valence-corrected chi connectivity index (χ3v) is 4.92. The molecule has 1 unspecified atom stereocenters. The molecule has 3 rings (SSSR count). The normalized spacial score (nSPS) is 19.4. The minimum Gasteiger partial charge on any atom is -0.382 e. The molecule has 3 N–H and O–H groups in total. The minimum absolute atomic E-state index is 0.0883. The summed E-state index contributed by atoms with van der Waals surface area (Å²) >= 11 is 11.9. The lowest BCUT2D eigenvalue weighted by atomic mass is 9.89. The fourth-order valence-corrected chi connectivity index (χ4v) is 3.55. The molecule has 1 aliphatic rings. The molecule has 3 heterocycles. The van der Waals surface area contributed by atoms with Gasteiger partial charge in [-0.05, 0) is 37.6 Å². The van der Waals surface area contributed by atoms with Crippen molar-refractivity contribution in [3.8, 4) is 0 Å². The number of fused-ring (bicyclic) bond motifs is 1. The van der Waals surface area contributed by atoms with Gasteiger partial charge in [0.2, 0.25) is 0 Å². The highest BCUT2D eigenvalue weighted by Crippen LogP contribution is 2.30. The predicted octanol–water partition coefficient (Wildman–Crippen LogP) is 3.51. The first kappa shape index (κ1) is 20.8. The predicted molar refractivity (Wildman–Crippen MR) is 115 cm³/mol. The number of nitrogens with two attached hydrogens (primary N) is 1. The van der Waals surface area contributed by atoms with Crippen molar-refractivity contribution in [2.45, 2.75) is 25.9 Å². The van der Waals surface area contributed by atoms with Crippen LogP contribution in [0, 0.1) is 0 Å². The molecule has 0 saturated carbocycles. The van der Waals surface area contributed by atoms with E-state index in [2.05, 4.69) is 27.0 Å². The van der Waals surface area contributed by atoms with Gasteiger partial charge in [-0.15, -0.1) is 0 Å². The average molecular weight is 431 g/mol. The van der Waals surface area contributed by atoms with E-state index in [1.165, 1.54) is 12.3 Å². The Balaban J connectivity index is 1.87. The summed E-state index contributed by atoms with van der Waals surface area (Å²) < 4.78 is 1.80. The van der Waals surface area contributed by atoms with E-state index in [1.54, 1.807) is 23.9 Å². The topological polar surface area (TPSA) is 98.2 Å². The van der Waals surface area contributed by atoms with Gasteiger partial charge in [-0.2, -0.15) is 5.10 Å². The van der Waals surface area contributed by atoms with E-state index in [1.807, 2.05) is 25.1 Å². The molecule has 7 nitrogen and oxygen atoms in total. The van der Waals surface area contributed by atoms with Gasteiger partial charge in [-0.25, -0.2) is 4.98 Å². The van der Waals surface area contributed by atoms with Gasteiger partial charge in [-0.1, -0.05) is 41.9 Å². The van der Waals surface area contributed by atoms with E-state index in [4.69, 9.17) is 28.9 Å². The number of aromatic nitrogens is 3. The molecule has 0 spiro atoms. The van der Waals surface area contributed by atoms with Gasteiger partial charge in [0.05, 0.1) is 16.6 Å². The average Bonchev–Trinajstić information content (AvgIpc) is 3.09. The number of amidine groups is 1. The van der Waals surface area contributed by atoms with Crippen LogP contribution in [0.25, 0.3) is 0 Å². The van der Waals surface area contributed by atoms with E-state index >= 15 is 0 Å². The van der Waals surface area contributed by atoms with E-state index in [0.717, 1.165) is 11.3 Å². The van der Waals surface area contributed by atoms with Crippen molar-refractivity contribution < 1.29 is 4.79 Å². The van der Waals surface area contributed by atoms with Crippen LogP contribution >= 0.6 is 23.2 Å². The van der Waals surface area contributed by atoms with E-state index in [-0.39, 0.29) is 10.7 Å². The number of nitrogens with one attached hydrogen (secondary N) is 1. The minimum atomic E-state index is -0.681. The number of aliphatic imine (C=N–C) groups is 1. The van der Waals surface area contributed by atoms with Gasteiger partial charge in [-0.3, -0.25) is 14.5 Å². The second-order valence-electron chi connectivity index (χ2n) is 6.77. The SMILES string of the molecule is C=C/C=C(\C=C(/C)NC(=O)c1ncc(Cl)cc1Cl)C1(C)Cn2nccc2C(N)=N1. The summed E-state index contributed by atoms with van der Waals surface area (Å²) in [6.45, 7) is 7.99. The number of carbonyl (C=O) groups is 1. The molecule has 29 heavy (non-hydrogen) atoms. The summed E-state index contributed by atoms with van der Waals surface area (Å²) in [4.78, 5) is 21.2. The van der Waals surface area contributed by atoms with E-state index in [0.29, 0.717) is 23.1 Å². The van der Waals surface area contributed by atoms with Crippen molar-refractivity contribution in [3.63, 3.8) is 0 Å². The molecule has 0 aliphatic carbocycles. The molecule has 150 valence electrons. The molecule has 2 aromatic heterocycles. The van der Waals surface area contributed by atoms with E-state index < -0.39 is 11.4 Å². The van der Waals surface area contributed by atoms with Crippen LogP contribution in [0.3, 0.4) is 0 Å². The second kappa shape index (κ2) is 8.23. The number of pyridine rings is 1. The van der Waals surface area contributed by atoms with Gasteiger partial charge >= 0.3 is 0 Å². The fraction of sp³-hybridized carbons (Fsp3) is 0.200. The first-order chi connectivity index (χ1) is 13.7. The standard InChI is InChI=1S/C20H20Cl2N6O/c1-4-5-13(20(3)11-28-16(6-7-25-28)18(23)27-20)8-12(2)26-19(29)17-15(22)9-14(21)10-24-17/h4-10H,1,11H2,2-3H3,(H2,23,27)(H,26,29)/b12-8+,13-5+. The summed E-state index contributed by atoms with van der Waals surface area (Å²) in [6.07, 6.45) is 8.36. The van der Waals surface area contributed by atoms with Gasteiger partial charge < -0.3 is 11.1 Å². The first-order valence-electron chi connectivity index (χ1n) is 8.75. The molecular weight excluding hydrogens is 411 g/mol. The van der Waals surface area contributed by atoms with Crippen molar-refractivity contribution in [3.05, 3.63) is 82.0 Å². The Morgan fingerprint density at radius 2 is 2.21 bits per heavy atom. The highest BCUT2D eigenvalue weighted by molar-refractivity contribution is 6.36. The van der Waals surface area contributed by atoms with Crippen molar-refractivity contribution in [1.29, 1.82) is 0 Å². The summed E-state index contributed by atoms with van der Waals surface area (Å²) in [5, 5.41) is 7.62. The van der Waals surface area contributed by atoms with Crippen LogP contribution in [0.15, 0.2) is 65.6 Å². The van der Waals surface area contributed by atoms with Gasteiger partial charge in [0.15, 0.2) is 0 Å². The number of nitrogens with zero attached hydrogens (tertiary/aromatic N) is 4. The third kappa shape index (κ3) is 4.41. The molecule has 2 aromatic rings. The van der Waals surface area contributed by atoms with Crippen molar-refractivity contribution in [1.82, 2.24) is 20.1 Å². The zero-order chi connectivity index (χ0) is 21.2. The molecule has 0 bridgehead atoms. The zero-order valence-electron chi connectivity index (χ0n) is 16.0. The number of rotatable bonds is 5. The van der Waals surface area contributed by atoms with Crippen molar-refractivity contribution >= 4 is 34.9 Å². The monoisotopic (exact) mass is 430 g/mol. The van der Waals surface area contributed by atoms with Crippen LogP contribution < -0.4 is 11.1 Å². The Morgan fingerprint density at radius 3 is 2.90 bits per heavy atom. The molecule has 0 saturated heterocycles. The first-order valence-corrected chi connectivity index (χ1v) is 9.50. The number of hydrogen-bond donors (Lipinski definition) is 2. The van der Waals surface area contributed by atoms with Crippen molar-refractivity contribution in [2.24, 2.45) is 10.7 Å². The van der Waals surface area contributed by atoms with Crippen molar-refractivity contribution in [2.75, 3.05) is 0 Å². The Hall–Kier alpha value is -2.90. The van der Waals surface area contributed by atoms with Gasteiger partial charge in [0.1, 0.15) is 22.8 Å². The van der Waals surface area contributed by atoms with Gasteiger partial charge in [0, 0.05) is 18.1 Å². The number of allylic oxidation sites excluding steroid dienone is 3. The second-order valence-corrected chi connectivity index (χ2v) is 7.61. The maximum Gasteiger partial charge on any atom is 0.275 e. The molecule has 0 radical (unpaired) electrons. The Kier molecular flexibility index (Phi) is 5.91. The highest BCUT2D eigenvalue weighted by Gasteiger charge is 2.33. The molecular formula is C20H20Cl2N6O. The van der Waals surface area contributed by atoms with E-state index in [9.17, 15) is 4.79 Å². The van der Waals surface area contributed by atoms with Crippen LogP contribution in [0.1, 0.15) is 30.0 Å². The number of halogens is 2. The number of hydrogen-bond acceptors (Lipinski definition) is 5. The Morgan fingerprint density at radius 1 is 1.45 bits per heavy atom. The molecule has 1 atom stereocenters. The maximum absolute atomic E-state index is 12.5. The van der Waals surface area contributed by atoms with Crippen LogP contribution in [0.2, 0.25) is 10.0 Å². The van der Waals surface area contributed by atoms with Crippen LogP contribution in [0.5, 0.6) is 0 Å². The highest BCUT2D eigenvalue weighted by atomic mass is 35.5. The van der Waals surface area contributed by atoms with Crippen LogP contribution in [-0.4, -0.2) is 32.0 Å². The fourth-order valence-electron chi connectivity index (χ4n) is 3.08. The Bertz CT molecular complexity index is 1070. The summed E-state index contributed by atoms with van der Waals surface area (Å²) in [7, 11) is 0. The number of amides is 1.